The summed E-state index contributed by atoms with van der Waals surface area (Å²) in [6.07, 6.45) is 0. The minimum atomic E-state index is -3.80. The Morgan fingerprint density at radius 3 is 2.69 bits per heavy atom. The normalized spacial score (nSPS) is 11.4. The maximum Gasteiger partial charge on any atom is 0.269 e. The molecular formula is C16H16N4O4S2. The Bertz CT molecular complexity index is 1030. The number of sulfonamides is 1. The molecule has 2 aromatic carbocycles. The quantitative estimate of drug-likeness (QED) is 0.470. The fraction of sp³-hybridized carbons (Fsp3) is 0.188. The van der Waals surface area contributed by atoms with Gasteiger partial charge >= 0.3 is 0 Å². The van der Waals surface area contributed by atoms with Crippen molar-refractivity contribution in [3.8, 4) is 5.75 Å². The van der Waals surface area contributed by atoms with E-state index in [0.29, 0.717) is 5.75 Å². The van der Waals surface area contributed by atoms with Crippen molar-refractivity contribution in [1.29, 1.82) is 0 Å². The summed E-state index contributed by atoms with van der Waals surface area (Å²) in [6, 6.07) is 13.6. The first kappa shape index (κ1) is 18.2. The first-order valence-corrected chi connectivity index (χ1v) is 9.96. The molecule has 0 spiro atoms. The molecule has 1 heterocycles. The highest BCUT2D eigenvalue weighted by molar-refractivity contribution is 7.91. The molecule has 136 valence electrons. The first-order chi connectivity index (χ1) is 12.4. The molecule has 1 aromatic heterocycles. The second-order valence-corrected chi connectivity index (χ2v) is 8.23. The molecule has 0 fully saturated rings. The van der Waals surface area contributed by atoms with Gasteiger partial charge in [0.15, 0.2) is 0 Å². The minimum absolute atomic E-state index is 0.0736. The number of benzene rings is 2. The van der Waals surface area contributed by atoms with Crippen LogP contribution in [0.2, 0.25) is 0 Å². The van der Waals surface area contributed by atoms with Crippen molar-refractivity contribution < 1.29 is 17.9 Å². The van der Waals surface area contributed by atoms with E-state index >= 15 is 0 Å². The van der Waals surface area contributed by atoms with Crippen molar-refractivity contribution in [3.63, 3.8) is 0 Å². The lowest BCUT2D eigenvalue weighted by Crippen LogP contribution is -2.28. The molecule has 10 heteroatoms. The fourth-order valence-electron chi connectivity index (χ4n) is 2.18. The zero-order chi connectivity index (χ0) is 18.6. The molecule has 0 saturated heterocycles. The highest BCUT2D eigenvalue weighted by Crippen LogP contribution is 2.21. The molecule has 0 aliphatic carbocycles. The van der Waals surface area contributed by atoms with Gasteiger partial charge in [0.05, 0.1) is 0 Å². The van der Waals surface area contributed by atoms with Crippen LogP contribution in [0, 0.1) is 0 Å². The van der Waals surface area contributed by atoms with Crippen molar-refractivity contribution in [3.05, 3.63) is 42.5 Å². The second kappa shape index (κ2) is 7.77. The van der Waals surface area contributed by atoms with Crippen LogP contribution in [0.25, 0.3) is 10.8 Å². The number of nitrogens with one attached hydrogen (secondary N) is 2. The van der Waals surface area contributed by atoms with E-state index in [1.165, 1.54) is 6.92 Å². The van der Waals surface area contributed by atoms with Gasteiger partial charge in [-0.25, -0.2) is 13.1 Å². The Morgan fingerprint density at radius 2 is 1.92 bits per heavy atom. The molecule has 0 unspecified atom stereocenters. The monoisotopic (exact) mass is 392 g/mol. The van der Waals surface area contributed by atoms with Crippen molar-refractivity contribution in [2.24, 2.45) is 0 Å². The largest absolute Gasteiger partial charge is 0.492 e. The number of anilines is 1. The van der Waals surface area contributed by atoms with Crippen LogP contribution >= 0.6 is 11.3 Å². The number of carbonyl (C=O) groups is 1. The summed E-state index contributed by atoms with van der Waals surface area (Å²) >= 11 is 0.779. The Hall–Kier alpha value is -2.56. The number of ether oxygens (including phenoxy) is 1. The Kier molecular flexibility index (Phi) is 5.45. The lowest BCUT2D eigenvalue weighted by atomic mass is 10.1. The number of aromatic nitrogens is 2. The molecule has 0 atom stereocenters. The molecule has 26 heavy (non-hydrogen) atoms. The first-order valence-electron chi connectivity index (χ1n) is 7.66. The predicted molar refractivity (Wildman–Crippen MR) is 98.8 cm³/mol. The SMILES string of the molecule is CC(=O)Nc1nnc(S(=O)(=O)NCCOc2ccc3ccccc3c2)s1. The molecule has 0 aliphatic heterocycles. The zero-order valence-corrected chi connectivity index (χ0v) is 15.4. The molecule has 3 rings (SSSR count). The lowest BCUT2D eigenvalue weighted by Gasteiger charge is -2.08. The fourth-order valence-corrected chi connectivity index (χ4v) is 4.18. The van der Waals surface area contributed by atoms with Gasteiger partial charge in [-0.1, -0.05) is 41.7 Å². The van der Waals surface area contributed by atoms with E-state index in [-0.39, 0.29) is 28.5 Å². The molecule has 0 bridgehead atoms. The lowest BCUT2D eigenvalue weighted by molar-refractivity contribution is -0.114. The van der Waals surface area contributed by atoms with Crippen LogP contribution in [0.4, 0.5) is 5.13 Å². The van der Waals surface area contributed by atoms with Crippen molar-refractivity contribution in [2.45, 2.75) is 11.3 Å². The number of amides is 1. The summed E-state index contributed by atoms with van der Waals surface area (Å²) in [7, 11) is -3.80. The average molecular weight is 392 g/mol. The highest BCUT2D eigenvalue weighted by Gasteiger charge is 2.20. The molecule has 3 aromatic rings. The Labute approximate surface area is 154 Å². The smallest absolute Gasteiger partial charge is 0.269 e. The van der Waals surface area contributed by atoms with Crippen LogP contribution < -0.4 is 14.8 Å². The maximum atomic E-state index is 12.1. The summed E-state index contributed by atoms with van der Waals surface area (Å²) < 4.78 is 32.1. The molecule has 0 radical (unpaired) electrons. The molecule has 0 aliphatic rings. The molecule has 1 amide bonds. The van der Waals surface area contributed by atoms with E-state index in [0.717, 1.165) is 22.1 Å². The van der Waals surface area contributed by atoms with E-state index in [4.69, 9.17) is 4.74 Å². The number of nitrogens with zero attached hydrogens (tertiary/aromatic N) is 2. The molecular weight excluding hydrogens is 376 g/mol. The van der Waals surface area contributed by atoms with Gasteiger partial charge in [-0.3, -0.25) is 4.79 Å². The number of fused-ring (bicyclic) bond motifs is 1. The summed E-state index contributed by atoms with van der Waals surface area (Å²) in [5, 5.41) is 11.9. The number of hydrogen-bond donors (Lipinski definition) is 2. The number of rotatable bonds is 7. The topological polar surface area (TPSA) is 110 Å². The third-order valence-corrected chi connectivity index (χ3v) is 5.97. The summed E-state index contributed by atoms with van der Waals surface area (Å²) in [5.74, 6) is 0.314. The van der Waals surface area contributed by atoms with Gasteiger partial charge in [0, 0.05) is 13.5 Å². The van der Waals surface area contributed by atoms with Gasteiger partial charge < -0.3 is 10.1 Å². The summed E-state index contributed by atoms with van der Waals surface area (Å²) in [4.78, 5) is 10.9. The molecule has 8 nitrogen and oxygen atoms in total. The van der Waals surface area contributed by atoms with Crippen molar-refractivity contribution >= 4 is 43.2 Å². The van der Waals surface area contributed by atoms with Gasteiger partial charge in [0.2, 0.25) is 15.4 Å². The average Bonchev–Trinajstić information content (AvgIpc) is 3.07. The standard InChI is InChI=1S/C16H16N4O4S2/c1-11(21)18-15-19-20-16(25-15)26(22,23)17-8-9-24-14-7-6-12-4-2-3-5-13(12)10-14/h2-7,10,17H,8-9H2,1H3,(H,18,19,21). The van der Waals surface area contributed by atoms with E-state index in [2.05, 4.69) is 20.2 Å². The van der Waals surface area contributed by atoms with Crippen LogP contribution in [-0.2, 0) is 14.8 Å². The second-order valence-electron chi connectivity index (χ2n) is 5.31. The summed E-state index contributed by atoms with van der Waals surface area (Å²) in [5.41, 5.74) is 0. The van der Waals surface area contributed by atoms with Crippen molar-refractivity contribution in [2.75, 3.05) is 18.5 Å². The van der Waals surface area contributed by atoms with Gasteiger partial charge in [-0.2, -0.15) is 0 Å². The zero-order valence-electron chi connectivity index (χ0n) is 13.8. The minimum Gasteiger partial charge on any atom is -0.492 e. The van der Waals surface area contributed by atoms with E-state index < -0.39 is 10.0 Å². The highest BCUT2D eigenvalue weighted by atomic mass is 32.2. The van der Waals surface area contributed by atoms with Crippen molar-refractivity contribution in [1.82, 2.24) is 14.9 Å². The Morgan fingerprint density at radius 1 is 1.15 bits per heavy atom. The number of carbonyl (C=O) groups excluding carboxylic acids is 1. The van der Waals surface area contributed by atoms with Gasteiger partial charge in [-0.05, 0) is 22.9 Å². The third kappa shape index (κ3) is 4.54. The van der Waals surface area contributed by atoms with Crippen LogP contribution in [0.1, 0.15) is 6.92 Å². The molecule has 0 saturated carbocycles. The predicted octanol–water partition coefficient (Wildman–Crippen LogP) is 2.01. The number of hydrogen-bond acceptors (Lipinski definition) is 7. The van der Waals surface area contributed by atoms with Gasteiger partial charge in [-0.15, -0.1) is 10.2 Å². The maximum absolute atomic E-state index is 12.1. The van der Waals surface area contributed by atoms with Crippen LogP contribution in [0.3, 0.4) is 0 Å². The third-order valence-electron chi connectivity index (χ3n) is 3.30. The van der Waals surface area contributed by atoms with Crippen LogP contribution in [0.15, 0.2) is 46.8 Å². The van der Waals surface area contributed by atoms with E-state index in [9.17, 15) is 13.2 Å². The van der Waals surface area contributed by atoms with Crippen LogP contribution in [-0.4, -0.2) is 37.7 Å². The van der Waals surface area contributed by atoms with E-state index in [1.807, 2.05) is 42.5 Å². The Balaban J connectivity index is 1.54. The van der Waals surface area contributed by atoms with Gasteiger partial charge in [0.1, 0.15) is 12.4 Å². The molecule has 2 N–H and O–H groups in total. The van der Waals surface area contributed by atoms with E-state index in [1.54, 1.807) is 0 Å². The van der Waals surface area contributed by atoms with Gasteiger partial charge in [0.25, 0.3) is 10.0 Å². The van der Waals surface area contributed by atoms with Crippen LogP contribution in [0.5, 0.6) is 5.75 Å². The summed E-state index contributed by atoms with van der Waals surface area (Å²) in [6.45, 7) is 1.54.